The molecular formula is C19H24N2O. The number of amides is 1. The van der Waals surface area contributed by atoms with Gasteiger partial charge in [0.1, 0.15) is 0 Å². The molecule has 1 aromatic carbocycles. The number of carbonyl (C=O) groups excluding carboxylic acids is 1. The van der Waals surface area contributed by atoms with Gasteiger partial charge in [0.25, 0.3) is 5.91 Å². The van der Waals surface area contributed by atoms with Crippen molar-refractivity contribution in [2.45, 2.75) is 12.8 Å². The van der Waals surface area contributed by atoms with Crippen LogP contribution < -0.4 is 0 Å². The molecule has 3 atom stereocenters. The van der Waals surface area contributed by atoms with Gasteiger partial charge < -0.3 is 4.90 Å². The first kappa shape index (κ1) is 14.0. The van der Waals surface area contributed by atoms with Crippen molar-refractivity contribution in [3.8, 4) is 0 Å². The number of fused-ring (bicyclic) bond motifs is 2. The van der Waals surface area contributed by atoms with Crippen molar-refractivity contribution in [3.05, 3.63) is 48.0 Å². The summed E-state index contributed by atoms with van der Waals surface area (Å²) < 4.78 is 0. The van der Waals surface area contributed by atoms with Crippen LogP contribution in [-0.2, 0) is 0 Å². The maximum Gasteiger partial charge on any atom is 0.253 e. The predicted octanol–water partition coefficient (Wildman–Crippen LogP) is 2.66. The highest BCUT2D eigenvalue weighted by molar-refractivity contribution is 5.94. The third kappa shape index (κ3) is 2.70. The Morgan fingerprint density at radius 3 is 2.41 bits per heavy atom. The number of rotatable bonds is 3. The molecule has 2 aliphatic carbocycles. The Bertz CT molecular complexity index is 560. The van der Waals surface area contributed by atoms with Crippen molar-refractivity contribution in [3.63, 3.8) is 0 Å². The molecule has 0 radical (unpaired) electrons. The Kier molecular flexibility index (Phi) is 3.75. The van der Waals surface area contributed by atoms with Crippen molar-refractivity contribution < 1.29 is 4.79 Å². The van der Waals surface area contributed by atoms with Crippen LogP contribution in [0.4, 0.5) is 0 Å². The first-order valence-electron chi connectivity index (χ1n) is 8.54. The molecule has 0 unspecified atom stereocenters. The fraction of sp³-hybridized carbons (Fsp3) is 0.526. The second kappa shape index (κ2) is 5.88. The molecule has 2 bridgehead atoms. The van der Waals surface area contributed by atoms with Crippen molar-refractivity contribution in [1.82, 2.24) is 9.80 Å². The highest BCUT2D eigenvalue weighted by Gasteiger charge is 2.36. The van der Waals surface area contributed by atoms with Gasteiger partial charge in [0.05, 0.1) is 0 Å². The van der Waals surface area contributed by atoms with Crippen molar-refractivity contribution >= 4 is 5.91 Å². The van der Waals surface area contributed by atoms with Crippen LogP contribution in [0.3, 0.4) is 0 Å². The van der Waals surface area contributed by atoms with E-state index in [1.807, 2.05) is 35.2 Å². The minimum Gasteiger partial charge on any atom is -0.336 e. The quantitative estimate of drug-likeness (QED) is 0.801. The molecule has 2 fully saturated rings. The molecule has 116 valence electrons. The summed E-state index contributed by atoms with van der Waals surface area (Å²) in [7, 11) is 0. The molecule has 3 nitrogen and oxygen atoms in total. The summed E-state index contributed by atoms with van der Waals surface area (Å²) in [5.41, 5.74) is 0.814. The molecule has 1 saturated heterocycles. The minimum atomic E-state index is 0.183. The summed E-state index contributed by atoms with van der Waals surface area (Å²) in [5, 5.41) is 0. The molecule has 3 heteroatoms. The van der Waals surface area contributed by atoms with Crippen LogP contribution in [0, 0.1) is 17.8 Å². The lowest BCUT2D eigenvalue weighted by Gasteiger charge is -2.37. The minimum absolute atomic E-state index is 0.183. The van der Waals surface area contributed by atoms with Crippen molar-refractivity contribution in [1.29, 1.82) is 0 Å². The average Bonchev–Trinajstić information content (AvgIpc) is 3.19. The van der Waals surface area contributed by atoms with Gasteiger partial charge in [0.2, 0.25) is 0 Å². The second-order valence-electron chi connectivity index (χ2n) is 7.00. The zero-order valence-electron chi connectivity index (χ0n) is 13.0. The molecule has 4 rings (SSSR count). The highest BCUT2D eigenvalue weighted by Crippen LogP contribution is 2.43. The summed E-state index contributed by atoms with van der Waals surface area (Å²) in [6, 6.07) is 9.66. The molecule has 1 heterocycles. The van der Waals surface area contributed by atoms with E-state index < -0.39 is 0 Å². The van der Waals surface area contributed by atoms with Crippen LogP contribution in [-0.4, -0.2) is 48.4 Å². The molecule has 1 saturated carbocycles. The smallest absolute Gasteiger partial charge is 0.253 e. The maximum absolute atomic E-state index is 12.5. The maximum atomic E-state index is 12.5. The lowest BCUT2D eigenvalue weighted by molar-refractivity contribution is 0.0610. The zero-order chi connectivity index (χ0) is 14.9. The Hall–Kier alpha value is -1.61. The summed E-state index contributed by atoms with van der Waals surface area (Å²) in [6.45, 7) is 5.00. The fourth-order valence-electron chi connectivity index (χ4n) is 4.33. The Labute approximate surface area is 132 Å². The topological polar surface area (TPSA) is 23.6 Å². The molecule has 3 aliphatic rings. The van der Waals surface area contributed by atoms with Gasteiger partial charge >= 0.3 is 0 Å². The van der Waals surface area contributed by atoms with Gasteiger partial charge in [-0.05, 0) is 42.7 Å². The van der Waals surface area contributed by atoms with Crippen LogP contribution in [0.5, 0.6) is 0 Å². The van der Waals surface area contributed by atoms with E-state index in [0.29, 0.717) is 0 Å². The normalized spacial score (nSPS) is 30.9. The molecule has 22 heavy (non-hydrogen) atoms. The second-order valence-corrected chi connectivity index (χ2v) is 7.00. The van der Waals surface area contributed by atoms with Gasteiger partial charge in [-0.2, -0.15) is 0 Å². The Morgan fingerprint density at radius 1 is 1.00 bits per heavy atom. The summed E-state index contributed by atoms with van der Waals surface area (Å²) in [4.78, 5) is 17.0. The molecule has 0 aromatic heterocycles. The summed E-state index contributed by atoms with van der Waals surface area (Å²) in [5.74, 6) is 2.72. The highest BCUT2D eigenvalue weighted by atomic mass is 16.2. The summed E-state index contributed by atoms with van der Waals surface area (Å²) in [6.07, 6.45) is 7.62. The van der Waals surface area contributed by atoms with Crippen LogP contribution >= 0.6 is 0 Å². The summed E-state index contributed by atoms with van der Waals surface area (Å²) >= 11 is 0. The average molecular weight is 296 g/mol. The first-order chi connectivity index (χ1) is 10.8. The zero-order valence-corrected chi connectivity index (χ0v) is 13.0. The van der Waals surface area contributed by atoms with Crippen LogP contribution in [0.25, 0.3) is 0 Å². The Balaban J connectivity index is 1.29. The molecule has 1 amide bonds. The van der Waals surface area contributed by atoms with E-state index in [1.165, 1.54) is 19.4 Å². The molecular weight excluding hydrogens is 272 g/mol. The first-order valence-corrected chi connectivity index (χ1v) is 8.54. The third-order valence-corrected chi connectivity index (χ3v) is 5.59. The fourth-order valence-corrected chi connectivity index (χ4v) is 4.33. The van der Waals surface area contributed by atoms with E-state index in [4.69, 9.17) is 0 Å². The number of benzene rings is 1. The third-order valence-electron chi connectivity index (χ3n) is 5.59. The molecule has 0 N–H and O–H groups in total. The van der Waals surface area contributed by atoms with E-state index >= 15 is 0 Å². The van der Waals surface area contributed by atoms with Crippen molar-refractivity contribution in [2.24, 2.45) is 17.8 Å². The van der Waals surface area contributed by atoms with E-state index in [9.17, 15) is 4.79 Å². The molecule has 0 spiro atoms. The Morgan fingerprint density at radius 2 is 1.77 bits per heavy atom. The number of piperazine rings is 1. The van der Waals surface area contributed by atoms with Gasteiger partial charge in [-0.15, -0.1) is 0 Å². The van der Waals surface area contributed by atoms with E-state index in [0.717, 1.165) is 49.5 Å². The number of allylic oxidation sites excluding steroid dienone is 2. The van der Waals surface area contributed by atoms with Crippen LogP contribution in [0.15, 0.2) is 42.5 Å². The number of carbonyl (C=O) groups is 1. The standard InChI is InChI=1S/C19H24N2O/c22-19(16-4-2-1-3-5-16)21-10-8-20(9-11-21)14-18-13-15-6-7-17(18)12-15/h1-7,15,17-18H,8-14H2/t15-,17-,18+/m0/s1. The van der Waals surface area contributed by atoms with Crippen LogP contribution in [0.1, 0.15) is 23.2 Å². The lowest BCUT2D eigenvalue weighted by atomic mass is 9.93. The van der Waals surface area contributed by atoms with Gasteiger partial charge in [-0.25, -0.2) is 0 Å². The predicted molar refractivity (Wildman–Crippen MR) is 87.6 cm³/mol. The number of hydrogen-bond acceptors (Lipinski definition) is 2. The van der Waals surface area contributed by atoms with Gasteiger partial charge in [0.15, 0.2) is 0 Å². The number of hydrogen-bond donors (Lipinski definition) is 0. The van der Waals surface area contributed by atoms with E-state index in [1.54, 1.807) is 0 Å². The van der Waals surface area contributed by atoms with E-state index in [2.05, 4.69) is 17.1 Å². The van der Waals surface area contributed by atoms with Gasteiger partial charge in [0, 0.05) is 38.3 Å². The monoisotopic (exact) mass is 296 g/mol. The number of nitrogens with zero attached hydrogens (tertiary/aromatic N) is 2. The largest absolute Gasteiger partial charge is 0.336 e. The van der Waals surface area contributed by atoms with Crippen molar-refractivity contribution in [2.75, 3.05) is 32.7 Å². The van der Waals surface area contributed by atoms with Gasteiger partial charge in [-0.1, -0.05) is 30.4 Å². The SMILES string of the molecule is O=C(c1ccccc1)N1CCN(C[C@H]2C[C@H]3C=C[C@H]2C3)CC1. The lowest BCUT2D eigenvalue weighted by Crippen LogP contribution is -2.50. The van der Waals surface area contributed by atoms with Gasteiger partial charge in [-0.3, -0.25) is 9.69 Å². The van der Waals surface area contributed by atoms with Crippen LogP contribution in [0.2, 0.25) is 0 Å². The molecule has 1 aromatic rings. The molecule has 1 aliphatic heterocycles. The van der Waals surface area contributed by atoms with E-state index in [-0.39, 0.29) is 5.91 Å².